The first-order valence-corrected chi connectivity index (χ1v) is 12.5. The van der Waals surface area contributed by atoms with Crippen LogP contribution in [0.3, 0.4) is 0 Å². The van der Waals surface area contributed by atoms with E-state index in [0.29, 0.717) is 0 Å². The number of rotatable bonds is 3. The number of fused-ring (bicyclic) bond motifs is 4. The molecule has 0 unspecified atom stereocenters. The number of allylic oxidation sites excluding steroid dienone is 3. The molecule has 0 amide bonds. The minimum absolute atomic E-state index is 0.982. The molecule has 3 heterocycles. The summed E-state index contributed by atoms with van der Waals surface area (Å²) in [6.07, 6.45) is 7.88. The van der Waals surface area contributed by atoms with Crippen LogP contribution in [0.15, 0.2) is 46.7 Å². The lowest BCUT2D eigenvalue weighted by Crippen LogP contribution is -1.84. The standard InChI is InChI=1S/C24H20S4/c1-13-8-7-10-18-21(13)28-22-15(3)20(27-24(18)22)12-14(2)25-23-16(4)26-19-11-6-5-9-17(19)23/h5-7,9-12H,1,8H2,2-4H3/b14-12+. The van der Waals surface area contributed by atoms with Crippen molar-refractivity contribution in [3.05, 3.63) is 67.6 Å². The van der Waals surface area contributed by atoms with E-state index in [9.17, 15) is 0 Å². The molecule has 28 heavy (non-hydrogen) atoms. The van der Waals surface area contributed by atoms with Crippen LogP contribution in [0.5, 0.6) is 0 Å². The van der Waals surface area contributed by atoms with Gasteiger partial charge in [-0.05, 0) is 55.4 Å². The Kier molecular flexibility index (Phi) is 4.63. The first-order valence-electron chi connectivity index (χ1n) is 9.28. The minimum atomic E-state index is 0.982. The van der Waals surface area contributed by atoms with Gasteiger partial charge in [0.1, 0.15) is 0 Å². The molecular formula is C24H20S4. The van der Waals surface area contributed by atoms with Gasteiger partial charge in [0, 0.05) is 39.9 Å². The van der Waals surface area contributed by atoms with Crippen molar-refractivity contribution in [1.82, 2.24) is 0 Å². The number of benzene rings is 1. The van der Waals surface area contributed by atoms with Gasteiger partial charge >= 0.3 is 0 Å². The first-order chi connectivity index (χ1) is 13.5. The molecule has 1 aliphatic carbocycles. The maximum atomic E-state index is 4.26. The molecule has 0 saturated carbocycles. The van der Waals surface area contributed by atoms with Crippen LogP contribution in [0.4, 0.5) is 0 Å². The van der Waals surface area contributed by atoms with E-state index < -0.39 is 0 Å². The zero-order valence-corrected chi connectivity index (χ0v) is 19.4. The van der Waals surface area contributed by atoms with E-state index in [-0.39, 0.29) is 0 Å². The van der Waals surface area contributed by atoms with Gasteiger partial charge in [-0.3, -0.25) is 0 Å². The predicted molar refractivity (Wildman–Crippen MR) is 133 cm³/mol. The van der Waals surface area contributed by atoms with Crippen molar-refractivity contribution in [2.24, 2.45) is 0 Å². The number of thioether (sulfide) groups is 1. The lowest BCUT2D eigenvalue weighted by atomic mass is 10.0. The first kappa shape index (κ1) is 18.4. The predicted octanol–water partition coefficient (Wildman–Crippen LogP) is 9.38. The summed E-state index contributed by atoms with van der Waals surface area (Å²) < 4.78 is 4.24. The highest BCUT2D eigenvalue weighted by Gasteiger charge is 2.20. The van der Waals surface area contributed by atoms with Crippen molar-refractivity contribution in [3.8, 4) is 0 Å². The average Bonchev–Trinajstić information content (AvgIpc) is 3.29. The SMILES string of the molecule is C=C1CC=Cc2c1sc1c(C)c(/C=C(\C)Sc3c(C)sc4ccccc34)sc21. The van der Waals surface area contributed by atoms with E-state index in [4.69, 9.17) is 0 Å². The van der Waals surface area contributed by atoms with Gasteiger partial charge < -0.3 is 0 Å². The normalized spacial score (nSPS) is 14.4. The highest BCUT2D eigenvalue weighted by Crippen LogP contribution is 2.47. The summed E-state index contributed by atoms with van der Waals surface area (Å²) in [4.78, 5) is 6.92. The lowest BCUT2D eigenvalue weighted by Gasteiger charge is -2.07. The molecule has 0 atom stereocenters. The van der Waals surface area contributed by atoms with Gasteiger partial charge in [-0.1, -0.05) is 48.7 Å². The van der Waals surface area contributed by atoms with E-state index in [1.165, 1.54) is 60.6 Å². The number of thiophene rings is 3. The Balaban J connectivity index is 1.54. The lowest BCUT2D eigenvalue weighted by molar-refractivity contribution is 1.42. The Bertz CT molecular complexity index is 1300. The fourth-order valence-electron chi connectivity index (χ4n) is 3.68. The van der Waals surface area contributed by atoms with Crippen molar-refractivity contribution >= 4 is 83.0 Å². The van der Waals surface area contributed by atoms with Crippen LogP contribution in [0.2, 0.25) is 0 Å². The van der Waals surface area contributed by atoms with Gasteiger partial charge in [0.15, 0.2) is 0 Å². The van der Waals surface area contributed by atoms with Crippen LogP contribution in [-0.2, 0) is 0 Å². The summed E-state index contributed by atoms with van der Waals surface area (Å²) in [6, 6.07) is 8.73. The molecule has 5 rings (SSSR count). The second kappa shape index (κ2) is 7.03. The molecule has 0 radical (unpaired) electrons. The Morgan fingerprint density at radius 1 is 1.11 bits per heavy atom. The second-order valence-corrected chi connectivity index (χ2v) is 11.7. The number of hydrogen-bond donors (Lipinski definition) is 0. The van der Waals surface area contributed by atoms with Crippen LogP contribution < -0.4 is 0 Å². The molecule has 0 saturated heterocycles. The third-order valence-electron chi connectivity index (χ3n) is 5.10. The zero-order valence-electron chi connectivity index (χ0n) is 16.1. The van der Waals surface area contributed by atoms with Crippen molar-refractivity contribution in [2.75, 3.05) is 0 Å². The van der Waals surface area contributed by atoms with Gasteiger partial charge in [-0.15, -0.1) is 34.0 Å². The smallest absolute Gasteiger partial charge is 0.0538 e. The van der Waals surface area contributed by atoms with Gasteiger partial charge in [-0.25, -0.2) is 0 Å². The van der Waals surface area contributed by atoms with E-state index in [2.05, 4.69) is 69.8 Å². The molecule has 0 N–H and O–H groups in total. The monoisotopic (exact) mass is 436 g/mol. The summed E-state index contributed by atoms with van der Waals surface area (Å²) >= 11 is 7.64. The van der Waals surface area contributed by atoms with Gasteiger partial charge in [0.2, 0.25) is 0 Å². The summed E-state index contributed by atoms with van der Waals surface area (Å²) in [5, 5.41) is 1.38. The largest absolute Gasteiger partial charge is 0.139 e. The fourth-order valence-corrected chi connectivity index (χ4v) is 8.76. The maximum absolute atomic E-state index is 4.26. The molecule has 3 aromatic heterocycles. The highest BCUT2D eigenvalue weighted by atomic mass is 32.2. The number of aryl methyl sites for hydroxylation is 2. The minimum Gasteiger partial charge on any atom is -0.139 e. The molecule has 140 valence electrons. The fraction of sp³-hybridized carbons (Fsp3) is 0.167. The molecule has 1 aliphatic rings. The van der Waals surface area contributed by atoms with E-state index in [1.54, 1.807) is 0 Å². The summed E-state index contributed by atoms with van der Waals surface area (Å²) in [7, 11) is 0. The third-order valence-corrected chi connectivity index (χ3v) is 10.3. The summed E-state index contributed by atoms with van der Waals surface area (Å²) in [5.41, 5.74) is 4.05. The van der Waals surface area contributed by atoms with Gasteiger partial charge in [-0.2, -0.15) is 0 Å². The number of hydrogen-bond acceptors (Lipinski definition) is 4. The Hall–Kier alpha value is -1.59. The van der Waals surface area contributed by atoms with Crippen LogP contribution >= 0.6 is 45.8 Å². The molecule has 0 fully saturated rings. The van der Waals surface area contributed by atoms with Gasteiger partial charge in [0.25, 0.3) is 0 Å². The van der Waals surface area contributed by atoms with Crippen molar-refractivity contribution in [1.29, 1.82) is 0 Å². The van der Waals surface area contributed by atoms with Crippen molar-refractivity contribution in [3.63, 3.8) is 0 Å². The molecule has 4 heteroatoms. The van der Waals surface area contributed by atoms with Crippen molar-refractivity contribution < 1.29 is 0 Å². The Labute approximate surface area is 181 Å². The Morgan fingerprint density at radius 2 is 1.93 bits per heavy atom. The molecule has 1 aromatic carbocycles. The summed E-state index contributed by atoms with van der Waals surface area (Å²) in [6.45, 7) is 11.0. The van der Waals surface area contributed by atoms with Crippen molar-refractivity contribution in [2.45, 2.75) is 32.1 Å². The van der Waals surface area contributed by atoms with E-state index in [1.807, 2.05) is 45.8 Å². The van der Waals surface area contributed by atoms with Crippen LogP contribution in [0, 0.1) is 13.8 Å². The molecular weight excluding hydrogens is 417 g/mol. The second-order valence-electron chi connectivity index (χ2n) is 7.15. The maximum Gasteiger partial charge on any atom is 0.0538 e. The average molecular weight is 437 g/mol. The molecule has 0 spiro atoms. The topological polar surface area (TPSA) is 0 Å². The van der Waals surface area contributed by atoms with Crippen LogP contribution in [0.1, 0.15) is 39.1 Å². The van der Waals surface area contributed by atoms with E-state index in [0.717, 1.165) is 6.42 Å². The third kappa shape index (κ3) is 2.94. The highest BCUT2D eigenvalue weighted by molar-refractivity contribution is 8.03. The molecule has 0 aliphatic heterocycles. The van der Waals surface area contributed by atoms with E-state index >= 15 is 0 Å². The molecule has 0 bridgehead atoms. The molecule has 0 nitrogen and oxygen atoms in total. The quantitative estimate of drug-likeness (QED) is 0.288. The Morgan fingerprint density at radius 3 is 2.79 bits per heavy atom. The van der Waals surface area contributed by atoms with Crippen LogP contribution in [-0.4, -0.2) is 0 Å². The zero-order chi connectivity index (χ0) is 19.4. The molecule has 4 aromatic rings. The van der Waals surface area contributed by atoms with Gasteiger partial charge in [0.05, 0.1) is 4.70 Å². The summed E-state index contributed by atoms with van der Waals surface area (Å²) in [5.74, 6) is 0. The van der Waals surface area contributed by atoms with Crippen LogP contribution in [0.25, 0.3) is 37.2 Å².